The molecule has 21 heavy (non-hydrogen) atoms. The molecule has 2 aromatic rings. The van der Waals surface area contributed by atoms with Crippen LogP contribution in [0, 0.1) is 0 Å². The third-order valence-corrected chi connectivity index (χ3v) is 5.74. The van der Waals surface area contributed by atoms with E-state index in [1.54, 1.807) is 18.2 Å². The van der Waals surface area contributed by atoms with Gasteiger partial charge >= 0.3 is 0 Å². The topological polar surface area (TPSA) is 46.2 Å². The molecule has 2 rings (SSSR count). The fourth-order valence-corrected chi connectivity index (χ4v) is 4.43. The molecule has 0 atom stereocenters. The molecule has 0 aromatic heterocycles. The Morgan fingerprint density at radius 1 is 1.10 bits per heavy atom. The van der Waals surface area contributed by atoms with Gasteiger partial charge in [0.05, 0.1) is 10.6 Å². The normalized spacial score (nSPS) is 11.4. The Hall–Kier alpha value is -0.560. The zero-order chi connectivity index (χ0) is 15.6. The van der Waals surface area contributed by atoms with E-state index in [9.17, 15) is 8.42 Å². The quantitative estimate of drug-likeness (QED) is 0.718. The molecule has 0 saturated heterocycles. The summed E-state index contributed by atoms with van der Waals surface area (Å²) in [6, 6.07) is 10.6. The van der Waals surface area contributed by atoms with E-state index in [2.05, 4.69) is 37.2 Å². The molecule has 0 spiro atoms. The molecule has 7 heteroatoms. The summed E-state index contributed by atoms with van der Waals surface area (Å²) in [6.45, 7) is 0.309. The molecule has 0 unspecified atom stereocenters. The summed E-state index contributed by atoms with van der Waals surface area (Å²) in [6.07, 6.45) is 1.18. The van der Waals surface area contributed by atoms with Crippen LogP contribution in [0.2, 0.25) is 5.02 Å². The highest BCUT2D eigenvalue weighted by Crippen LogP contribution is 2.32. The third-order valence-electron chi connectivity index (χ3n) is 2.88. The van der Waals surface area contributed by atoms with Crippen molar-refractivity contribution in [2.75, 3.05) is 11.6 Å². The molecule has 0 heterocycles. The lowest BCUT2D eigenvalue weighted by atomic mass is 10.2. The Kier molecular flexibility index (Phi) is 5.35. The average molecular weight is 454 g/mol. The summed E-state index contributed by atoms with van der Waals surface area (Å²) >= 11 is 13.1. The van der Waals surface area contributed by atoms with Crippen molar-refractivity contribution in [3.05, 3.63) is 55.9 Å². The maximum absolute atomic E-state index is 11.8. The van der Waals surface area contributed by atoms with Gasteiger partial charge in [-0.05, 0) is 56.1 Å². The maximum atomic E-state index is 11.8. The number of hydrogen-bond donors (Lipinski definition) is 1. The molecule has 0 fully saturated rings. The van der Waals surface area contributed by atoms with Gasteiger partial charge < -0.3 is 5.32 Å². The van der Waals surface area contributed by atoms with Crippen molar-refractivity contribution in [2.24, 2.45) is 0 Å². The Balaban J connectivity index is 2.37. The van der Waals surface area contributed by atoms with Crippen LogP contribution in [0.1, 0.15) is 5.56 Å². The second-order valence-electron chi connectivity index (χ2n) is 4.44. The van der Waals surface area contributed by atoms with Gasteiger partial charge in [-0.1, -0.05) is 23.7 Å². The van der Waals surface area contributed by atoms with Crippen molar-refractivity contribution in [3.63, 3.8) is 0 Å². The van der Waals surface area contributed by atoms with Crippen molar-refractivity contribution < 1.29 is 8.42 Å². The molecule has 0 aliphatic carbocycles. The van der Waals surface area contributed by atoms with Gasteiger partial charge in [0, 0.05) is 32.3 Å². The molecule has 2 aromatic carbocycles. The summed E-state index contributed by atoms with van der Waals surface area (Å²) < 4.78 is 25.5. The van der Waals surface area contributed by atoms with Crippen molar-refractivity contribution in [3.8, 4) is 0 Å². The van der Waals surface area contributed by atoms with E-state index in [4.69, 9.17) is 11.6 Å². The molecule has 0 saturated carbocycles. The van der Waals surface area contributed by atoms with E-state index in [0.29, 0.717) is 17.1 Å². The average Bonchev–Trinajstić information content (AvgIpc) is 2.38. The van der Waals surface area contributed by atoms with Crippen LogP contribution in [0.5, 0.6) is 0 Å². The lowest BCUT2D eigenvalue weighted by molar-refractivity contribution is 0.601. The summed E-state index contributed by atoms with van der Waals surface area (Å²) in [4.78, 5) is 0.241. The van der Waals surface area contributed by atoms with Gasteiger partial charge in [0.2, 0.25) is 0 Å². The van der Waals surface area contributed by atoms with Crippen LogP contribution in [-0.4, -0.2) is 14.7 Å². The molecule has 0 radical (unpaired) electrons. The second-order valence-corrected chi connectivity index (χ2v) is 8.54. The first kappa shape index (κ1) is 16.8. The van der Waals surface area contributed by atoms with E-state index in [0.717, 1.165) is 14.6 Å². The van der Waals surface area contributed by atoms with Crippen molar-refractivity contribution in [1.29, 1.82) is 0 Å². The Labute approximate surface area is 145 Å². The van der Waals surface area contributed by atoms with Gasteiger partial charge in [-0.3, -0.25) is 0 Å². The number of rotatable bonds is 4. The van der Waals surface area contributed by atoms with E-state index < -0.39 is 9.84 Å². The van der Waals surface area contributed by atoms with Crippen LogP contribution in [-0.2, 0) is 16.4 Å². The summed E-state index contributed by atoms with van der Waals surface area (Å²) in [5.74, 6) is 0. The summed E-state index contributed by atoms with van der Waals surface area (Å²) in [5, 5.41) is 3.63. The van der Waals surface area contributed by atoms with Gasteiger partial charge in [0.25, 0.3) is 0 Å². The lowest BCUT2D eigenvalue weighted by Gasteiger charge is -2.14. The Morgan fingerprint density at radius 2 is 1.67 bits per heavy atom. The van der Waals surface area contributed by atoms with Crippen LogP contribution in [0.25, 0.3) is 0 Å². The highest BCUT2D eigenvalue weighted by atomic mass is 79.9. The predicted molar refractivity (Wildman–Crippen MR) is 93.7 cm³/mol. The molecule has 0 bridgehead atoms. The first-order chi connectivity index (χ1) is 9.80. The first-order valence-corrected chi connectivity index (χ1v) is 9.81. The fourth-order valence-electron chi connectivity index (χ4n) is 1.90. The smallest absolute Gasteiger partial charge is 0.175 e. The van der Waals surface area contributed by atoms with Crippen molar-refractivity contribution >= 4 is 59.0 Å². The lowest BCUT2D eigenvalue weighted by Crippen LogP contribution is -2.08. The standard InChI is InChI=1S/C14H12Br2ClNO2S/c1-21(19,20)13-7-3-6-12(17)9(13)8-18-14-10(15)4-2-5-11(14)16/h2-7,18H,8H2,1H3. The molecule has 3 nitrogen and oxygen atoms in total. The van der Waals surface area contributed by atoms with Crippen LogP contribution in [0.15, 0.2) is 50.2 Å². The van der Waals surface area contributed by atoms with Gasteiger partial charge in [0.1, 0.15) is 0 Å². The molecule has 0 amide bonds. The van der Waals surface area contributed by atoms with Crippen LogP contribution in [0.3, 0.4) is 0 Å². The minimum absolute atomic E-state index is 0.241. The number of anilines is 1. The second kappa shape index (κ2) is 6.69. The molecular formula is C14H12Br2ClNO2S. The molecule has 0 aliphatic heterocycles. The van der Waals surface area contributed by atoms with Gasteiger partial charge in [-0.2, -0.15) is 0 Å². The highest BCUT2D eigenvalue weighted by molar-refractivity contribution is 9.11. The molecule has 0 aliphatic rings. The van der Waals surface area contributed by atoms with Crippen LogP contribution < -0.4 is 5.32 Å². The van der Waals surface area contributed by atoms with Gasteiger partial charge in [-0.25, -0.2) is 8.42 Å². The number of para-hydroxylation sites is 1. The SMILES string of the molecule is CS(=O)(=O)c1cccc(Cl)c1CNc1c(Br)cccc1Br. The number of sulfone groups is 1. The molecule has 112 valence electrons. The van der Waals surface area contributed by atoms with E-state index in [-0.39, 0.29) is 4.90 Å². The van der Waals surface area contributed by atoms with Crippen molar-refractivity contribution in [2.45, 2.75) is 11.4 Å². The number of nitrogens with one attached hydrogen (secondary N) is 1. The number of halogens is 3. The van der Waals surface area contributed by atoms with Crippen LogP contribution >= 0.6 is 43.5 Å². The Bertz CT molecular complexity index is 758. The molecular weight excluding hydrogens is 441 g/mol. The molecule has 1 N–H and O–H groups in total. The minimum atomic E-state index is -3.33. The van der Waals surface area contributed by atoms with Crippen molar-refractivity contribution in [1.82, 2.24) is 0 Å². The van der Waals surface area contributed by atoms with Crippen LogP contribution in [0.4, 0.5) is 5.69 Å². The Morgan fingerprint density at radius 3 is 2.24 bits per heavy atom. The van der Waals surface area contributed by atoms with E-state index in [1.807, 2.05) is 18.2 Å². The number of hydrogen-bond acceptors (Lipinski definition) is 3. The zero-order valence-corrected chi connectivity index (χ0v) is 15.8. The highest BCUT2D eigenvalue weighted by Gasteiger charge is 2.16. The van der Waals surface area contributed by atoms with Gasteiger partial charge in [-0.15, -0.1) is 0 Å². The fraction of sp³-hybridized carbons (Fsp3) is 0.143. The summed E-state index contributed by atoms with van der Waals surface area (Å²) in [7, 11) is -3.33. The predicted octanol–water partition coefficient (Wildman–Crippen LogP) is 4.88. The van der Waals surface area contributed by atoms with Gasteiger partial charge in [0.15, 0.2) is 9.84 Å². The third kappa shape index (κ3) is 4.00. The maximum Gasteiger partial charge on any atom is 0.175 e. The monoisotopic (exact) mass is 451 g/mol. The zero-order valence-electron chi connectivity index (χ0n) is 11.0. The van der Waals surface area contributed by atoms with E-state index in [1.165, 1.54) is 6.26 Å². The minimum Gasteiger partial charge on any atom is -0.379 e. The summed E-state index contributed by atoms with van der Waals surface area (Å²) in [5.41, 5.74) is 1.40. The van der Waals surface area contributed by atoms with E-state index >= 15 is 0 Å². The first-order valence-electron chi connectivity index (χ1n) is 5.96. The largest absolute Gasteiger partial charge is 0.379 e. The number of benzene rings is 2.